The van der Waals surface area contributed by atoms with Crippen molar-refractivity contribution >= 4 is 27.4 Å². The molecule has 2 aromatic carbocycles. The van der Waals surface area contributed by atoms with Gasteiger partial charge in [0.1, 0.15) is 11.6 Å². The molecule has 8 nitrogen and oxygen atoms in total. The van der Waals surface area contributed by atoms with E-state index in [1.165, 1.54) is 19.2 Å². The summed E-state index contributed by atoms with van der Waals surface area (Å²) >= 11 is 0. The molecule has 3 rings (SSSR count). The van der Waals surface area contributed by atoms with Crippen LogP contribution in [0.5, 0.6) is 5.75 Å². The third-order valence-electron chi connectivity index (χ3n) is 4.35. The molecule has 2 N–H and O–H groups in total. The van der Waals surface area contributed by atoms with Crippen molar-refractivity contribution in [1.82, 2.24) is 9.78 Å². The molecule has 1 aromatic heterocycles. The molecule has 152 valence electrons. The largest absolute Gasteiger partial charge is 0.497 e. The maximum atomic E-state index is 12.8. The average Bonchev–Trinajstić information content (AvgIpc) is 2.99. The van der Waals surface area contributed by atoms with Gasteiger partial charge < -0.3 is 10.1 Å². The molecule has 0 fully saturated rings. The maximum Gasteiger partial charge on any atom is 0.261 e. The predicted octanol–water partition coefficient (Wildman–Crippen LogP) is 3.10. The summed E-state index contributed by atoms with van der Waals surface area (Å²) in [6, 6.07) is 12.7. The lowest BCUT2D eigenvalue weighted by atomic mass is 10.1. The summed E-state index contributed by atoms with van der Waals surface area (Å²) in [7, 11) is -0.621. The van der Waals surface area contributed by atoms with Crippen molar-refractivity contribution in [3.05, 3.63) is 65.4 Å². The number of carbonyl (C=O) groups is 1. The number of aromatic nitrogens is 2. The van der Waals surface area contributed by atoms with E-state index in [0.29, 0.717) is 22.8 Å². The first-order valence-corrected chi connectivity index (χ1v) is 10.3. The number of hydrogen-bond acceptors (Lipinski definition) is 5. The standard InChI is InChI=1S/C20H22N4O4S/c1-13-5-10-17(29(26,27)23-15-6-8-16(28-4)9-7-15)12-18(13)20(25)21-19-11-14(2)22-24(19)3/h5-12,23H,1-4H3,(H,21,25). The van der Waals surface area contributed by atoms with Crippen LogP contribution in [-0.4, -0.2) is 31.2 Å². The Labute approximate surface area is 169 Å². The highest BCUT2D eigenvalue weighted by Crippen LogP contribution is 2.22. The average molecular weight is 414 g/mol. The van der Waals surface area contributed by atoms with Crippen LogP contribution >= 0.6 is 0 Å². The molecule has 1 amide bonds. The summed E-state index contributed by atoms with van der Waals surface area (Å²) in [6.07, 6.45) is 0. The Morgan fingerprint density at radius 3 is 2.34 bits per heavy atom. The minimum atomic E-state index is -3.87. The third-order valence-corrected chi connectivity index (χ3v) is 5.73. The fraction of sp³-hybridized carbons (Fsp3) is 0.200. The number of nitrogens with one attached hydrogen (secondary N) is 2. The summed E-state index contributed by atoms with van der Waals surface area (Å²) in [5, 5.41) is 6.94. The molecule has 0 aliphatic heterocycles. The first-order valence-electron chi connectivity index (χ1n) is 8.79. The molecule has 0 radical (unpaired) electrons. The van der Waals surface area contributed by atoms with Crippen LogP contribution in [0.2, 0.25) is 0 Å². The number of hydrogen-bond donors (Lipinski definition) is 2. The number of sulfonamides is 1. The lowest BCUT2D eigenvalue weighted by Crippen LogP contribution is -2.18. The van der Waals surface area contributed by atoms with Gasteiger partial charge in [0.25, 0.3) is 15.9 Å². The zero-order chi connectivity index (χ0) is 21.2. The van der Waals surface area contributed by atoms with Crippen LogP contribution in [0.1, 0.15) is 21.6 Å². The summed E-state index contributed by atoms with van der Waals surface area (Å²) in [5.74, 6) is 0.733. The zero-order valence-electron chi connectivity index (χ0n) is 16.6. The molecule has 0 saturated carbocycles. The molecule has 1 heterocycles. The monoisotopic (exact) mass is 414 g/mol. The normalized spacial score (nSPS) is 11.2. The maximum absolute atomic E-state index is 12.8. The van der Waals surface area contributed by atoms with Crippen LogP contribution in [0, 0.1) is 13.8 Å². The highest BCUT2D eigenvalue weighted by Gasteiger charge is 2.19. The minimum absolute atomic E-state index is 0.00902. The van der Waals surface area contributed by atoms with Gasteiger partial charge in [0.15, 0.2) is 0 Å². The Balaban J connectivity index is 1.86. The van der Waals surface area contributed by atoms with E-state index in [9.17, 15) is 13.2 Å². The first kappa shape index (κ1) is 20.4. The summed E-state index contributed by atoms with van der Waals surface area (Å²) in [5.41, 5.74) is 2.08. The smallest absolute Gasteiger partial charge is 0.261 e. The van der Waals surface area contributed by atoms with Gasteiger partial charge in [0.2, 0.25) is 0 Å². The van der Waals surface area contributed by atoms with Gasteiger partial charge in [-0.3, -0.25) is 14.2 Å². The highest BCUT2D eigenvalue weighted by atomic mass is 32.2. The topological polar surface area (TPSA) is 102 Å². The van der Waals surface area contributed by atoms with Crippen molar-refractivity contribution in [2.45, 2.75) is 18.7 Å². The van der Waals surface area contributed by atoms with E-state index in [2.05, 4.69) is 15.1 Å². The third kappa shape index (κ3) is 4.57. The Bertz CT molecular complexity index is 1150. The van der Waals surface area contributed by atoms with E-state index in [-0.39, 0.29) is 10.5 Å². The number of rotatable bonds is 6. The van der Waals surface area contributed by atoms with Crippen LogP contribution in [0.15, 0.2) is 53.4 Å². The number of nitrogens with zero attached hydrogens (tertiary/aromatic N) is 2. The van der Waals surface area contributed by atoms with Crippen molar-refractivity contribution in [3.63, 3.8) is 0 Å². The molecule has 0 spiro atoms. The predicted molar refractivity (Wildman–Crippen MR) is 111 cm³/mol. The lowest BCUT2D eigenvalue weighted by molar-refractivity contribution is 0.102. The molecule has 0 unspecified atom stereocenters. The van der Waals surface area contributed by atoms with Gasteiger partial charge in [-0.2, -0.15) is 5.10 Å². The van der Waals surface area contributed by atoms with Gasteiger partial charge >= 0.3 is 0 Å². The molecule has 3 aromatic rings. The van der Waals surface area contributed by atoms with E-state index in [4.69, 9.17) is 4.74 Å². The number of carbonyl (C=O) groups excluding carboxylic acids is 1. The van der Waals surface area contributed by atoms with Gasteiger partial charge in [-0.1, -0.05) is 6.07 Å². The number of anilines is 2. The second-order valence-corrected chi connectivity index (χ2v) is 8.24. The number of amides is 1. The summed E-state index contributed by atoms with van der Waals surface area (Å²) in [4.78, 5) is 12.7. The second kappa shape index (κ2) is 7.96. The molecule has 0 bridgehead atoms. The summed E-state index contributed by atoms with van der Waals surface area (Å²) in [6.45, 7) is 3.57. The van der Waals surface area contributed by atoms with Crippen LogP contribution < -0.4 is 14.8 Å². The number of ether oxygens (including phenoxy) is 1. The van der Waals surface area contributed by atoms with E-state index in [1.54, 1.807) is 55.1 Å². The van der Waals surface area contributed by atoms with Crippen molar-refractivity contribution in [2.75, 3.05) is 17.1 Å². The van der Waals surface area contributed by atoms with Crippen LogP contribution in [0.3, 0.4) is 0 Å². The zero-order valence-corrected chi connectivity index (χ0v) is 17.4. The molecule has 0 aliphatic rings. The Kier molecular flexibility index (Phi) is 5.60. The fourth-order valence-corrected chi connectivity index (χ4v) is 3.88. The van der Waals surface area contributed by atoms with Crippen LogP contribution in [-0.2, 0) is 17.1 Å². The Morgan fingerprint density at radius 1 is 1.07 bits per heavy atom. The SMILES string of the molecule is COc1ccc(NS(=O)(=O)c2ccc(C)c(C(=O)Nc3cc(C)nn3C)c2)cc1. The fourth-order valence-electron chi connectivity index (χ4n) is 2.80. The Hall–Kier alpha value is -3.33. The first-order chi connectivity index (χ1) is 13.7. The van der Waals surface area contributed by atoms with Crippen LogP contribution in [0.4, 0.5) is 11.5 Å². The molecule has 29 heavy (non-hydrogen) atoms. The highest BCUT2D eigenvalue weighted by molar-refractivity contribution is 7.92. The molecule has 0 saturated heterocycles. The summed E-state index contributed by atoms with van der Waals surface area (Å²) < 4.78 is 34.7. The quantitative estimate of drug-likeness (QED) is 0.645. The minimum Gasteiger partial charge on any atom is -0.497 e. The molecule has 9 heteroatoms. The van der Waals surface area contributed by atoms with Crippen molar-refractivity contribution < 1.29 is 17.9 Å². The van der Waals surface area contributed by atoms with Gasteiger partial charge in [-0.15, -0.1) is 0 Å². The molecule has 0 atom stereocenters. The second-order valence-electron chi connectivity index (χ2n) is 6.56. The van der Waals surface area contributed by atoms with E-state index < -0.39 is 15.9 Å². The van der Waals surface area contributed by atoms with Crippen LogP contribution in [0.25, 0.3) is 0 Å². The van der Waals surface area contributed by atoms with E-state index in [0.717, 1.165) is 5.69 Å². The molecule has 0 aliphatic carbocycles. The number of aryl methyl sites for hydroxylation is 3. The number of methoxy groups -OCH3 is 1. The molecular formula is C20H22N4O4S. The Morgan fingerprint density at radius 2 is 1.76 bits per heavy atom. The van der Waals surface area contributed by atoms with Gasteiger partial charge in [0, 0.05) is 24.4 Å². The van der Waals surface area contributed by atoms with Gasteiger partial charge in [0.05, 0.1) is 17.7 Å². The molecular weight excluding hydrogens is 392 g/mol. The van der Waals surface area contributed by atoms with Gasteiger partial charge in [-0.25, -0.2) is 8.42 Å². The van der Waals surface area contributed by atoms with Gasteiger partial charge in [-0.05, 0) is 55.8 Å². The lowest BCUT2D eigenvalue weighted by Gasteiger charge is -2.12. The number of benzene rings is 2. The van der Waals surface area contributed by atoms with E-state index >= 15 is 0 Å². The van der Waals surface area contributed by atoms with Crippen molar-refractivity contribution in [3.8, 4) is 5.75 Å². The van der Waals surface area contributed by atoms with E-state index in [1.807, 2.05) is 6.92 Å². The van der Waals surface area contributed by atoms with Crippen molar-refractivity contribution in [1.29, 1.82) is 0 Å². The van der Waals surface area contributed by atoms with Crippen molar-refractivity contribution in [2.24, 2.45) is 7.05 Å².